The van der Waals surface area contributed by atoms with E-state index >= 15 is 0 Å². The Balaban J connectivity index is 2.01. The highest BCUT2D eigenvalue weighted by molar-refractivity contribution is 5.83. The molecule has 2 aromatic rings. The number of para-hydroxylation sites is 1. The number of H-pyrrole nitrogens is 1. The van der Waals surface area contributed by atoms with Crippen molar-refractivity contribution >= 4 is 10.9 Å². The van der Waals surface area contributed by atoms with Crippen molar-refractivity contribution in [2.75, 3.05) is 7.05 Å². The Morgan fingerprint density at radius 3 is 2.88 bits per heavy atom. The first-order valence-electron chi connectivity index (χ1n) is 6.63. The molecule has 1 heterocycles. The van der Waals surface area contributed by atoms with Crippen LogP contribution in [-0.2, 0) is 0 Å². The SMILES string of the molecule is CN[C@H]1CCCC[C@@H]1c1c[nH]c2ccccc12. The first kappa shape index (κ1) is 10.8. The summed E-state index contributed by atoms with van der Waals surface area (Å²) in [5.41, 5.74) is 2.77. The van der Waals surface area contributed by atoms with Gasteiger partial charge >= 0.3 is 0 Å². The van der Waals surface area contributed by atoms with Crippen molar-refractivity contribution in [3.8, 4) is 0 Å². The molecule has 90 valence electrons. The molecular formula is C15H20N2. The van der Waals surface area contributed by atoms with Crippen LogP contribution in [0, 0.1) is 0 Å². The minimum atomic E-state index is 0.642. The van der Waals surface area contributed by atoms with Gasteiger partial charge < -0.3 is 10.3 Å². The number of aromatic nitrogens is 1. The van der Waals surface area contributed by atoms with Crippen LogP contribution in [0.15, 0.2) is 30.5 Å². The second-order valence-electron chi connectivity index (χ2n) is 5.08. The molecule has 1 aromatic carbocycles. The molecule has 2 atom stereocenters. The van der Waals surface area contributed by atoms with E-state index in [1.54, 1.807) is 0 Å². The van der Waals surface area contributed by atoms with Gasteiger partial charge in [0.15, 0.2) is 0 Å². The molecule has 0 amide bonds. The molecule has 0 radical (unpaired) electrons. The Labute approximate surface area is 102 Å². The van der Waals surface area contributed by atoms with Crippen LogP contribution >= 0.6 is 0 Å². The summed E-state index contributed by atoms with van der Waals surface area (Å²) in [7, 11) is 2.10. The van der Waals surface area contributed by atoms with Crippen LogP contribution in [0.25, 0.3) is 10.9 Å². The molecule has 0 spiro atoms. The fourth-order valence-electron chi connectivity index (χ4n) is 3.25. The van der Waals surface area contributed by atoms with E-state index in [4.69, 9.17) is 0 Å². The summed E-state index contributed by atoms with van der Waals surface area (Å²) in [6.07, 6.45) is 7.56. The van der Waals surface area contributed by atoms with Crippen molar-refractivity contribution in [3.05, 3.63) is 36.0 Å². The topological polar surface area (TPSA) is 27.8 Å². The van der Waals surface area contributed by atoms with Crippen molar-refractivity contribution in [1.29, 1.82) is 0 Å². The monoisotopic (exact) mass is 228 g/mol. The molecule has 1 aliphatic rings. The Morgan fingerprint density at radius 1 is 1.18 bits per heavy atom. The smallest absolute Gasteiger partial charge is 0.0456 e. The van der Waals surface area contributed by atoms with Gasteiger partial charge in [-0.3, -0.25) is 0 Å². The summed E-state index contributed by atoms with van der Waals surface area (Å²) >= 11 is 0. The second kappa shape index (κ2) is 4.53. The first-order chi connectivity index (χ1) is 8.40. The van der Waals surface area contributed by atoms with Crippen LogP contribution in [0.3, 0.4) is 0 Å². The highest BCUT2D eigenvalue weighted by Crippen LogP contribution is 2.36. The van der Waals surface area contributed by atoms with E-state index in [9.17, 15) is 0 Å². The summed E-state index contributed by atoms with van der Waals surface area (Å²) in [4.78, 5) is 3.40. The van der Waals surface area contributed by atoms with E-state index in [0.29, 0.717) is 12.0 Å². The molecule has 0 bridgehead atoms. The van der Waals surface area contributed by atoms with Crippen LogP contribution in [0.5, 0.6) is 0 Å². The number of likely N-dealkylation sites (N-methyl/N-ethyl adjacent to an activating group) is 1. The van der Waals surface area contributed by atoms with E-state index in [0.717, 1.165) is 0 Å². The summed E-state index contributed by atoms with van der Waals surface area (Å²) in [5, 5.41) is 4.90. The summed E-state index contributed by atoms with van der Waals surface area (Å²) in [6.45, 7) is 0. The third-order valence-electron chi connectivity index (χ3n) is 4.16. The molecule has 0 aliphatic heterocycles. The van der Waals surface area contributed by atoms with Crippen LogP contribution in [0.4, 0.5) is 0 Å². The third kappa shape index (κ3) is 1.87. The lowest BCUT2D eigenvalue weighted by molar-refractivity contribution is 0.345. The highest BCUT2D eigenvalue weighted by Gasteiger charge is 2.26. The van der Waals surface area contributed by atoms with Gasteiger partial charge in [0, 0.05) is 29.1 Å². The maximum Gasteiger partial charge on any atom is 0.0456 e. The Hall–Kier alpha value is -1.28. The minimum absolute atomic E-state index is 0.642. The largest absolute Gasteiger partial charge is 0.361 e. The molecule has 1 aromatic heterocycles. The molecule has 1 aliphatic carbocycles. The van der Waals surface area contributed by atoms with E-state index in [2.05, 4.69) is 47.8 Å². The second-order valence-corrected chi connectivity index (χ2v) is 5.08. The highest BCUT2D eigenvalue weighted by atomic mass is 14.9. The average Bonchev–Trinajstić information content (AvgIpc) is 2.82. The predicted molar refractivity (Wildman–Crippen MR) is 72.4 cm³/mol. The first-order valence-corrected chi connectivity index (χ1v) is 6.63. The molecule has 1 fully saturated rings. The lowest BCUT2D eigenvalue weighted by Crippen LogP contribution is -2.34. The van der Waals surface area contributed by atoms with Crippen molar-refractivity contribution in [1.82, 2.24) is 10.3 Å². The molecule has 3 rings (SSSR count). The van der Waals surface area contributed by atoms with Gasteiger partial charge in [-0.25, -0.2) is 0 Å². The van der Waals surface area contributed by atoms with Gasteiger partial charge in [-0.2, -0.15) is 0 Å². The normalized spacial score (nSPS) is 25.2. The molecule has 2 heteroatoms. The number of aromatic amines is 1. The quantitative estimate of drug-likeness (QED) is 0.810. The average molecular weight is 228 g/mol. The van der Waals surface area contributed by atoms with E-state index in [-0.39, 0.29) is 0 Å². The number of benzene rings is 1. The number of hydrogen-bond donors (Lipinski definition) is 2. The molecule has 17 heavy (non-hydrogen) atoms. The molecule has 0 unspecified atom stereocenters. The van der Waals surface area contributed by atoms with Crippen molar-refractivity contribution in [2.24, 2.45) is 0 Å². The molecular weight excluding hydrogens is 208 g/mol. The van der Waals surface area contributed by atoms with Crippen molar-refractivity contribution in [3.63, 3.8) is 0 Å². The molecule has 2 N–H and O–H groups in total. The number of hydrogen-bond acceptors (Lipinski definition) is 1. The Bertz CT molecular complexity index is 500. The van der Waals surface area contributed by atoms with E-state index in [1.165, 1.54) is 42.1 Å². The summed E-state index contributed by atoms with van der Waals surface area (Å²) in [6, 6.07) is 9.28. The maximum atomic E-state index is 3.49. The minimum Gasteiger partial charge on any atom is -0.361 e. The fraction of sp³-hybridized carbons (Fsp3) is 0.467. The van der Waals surface area contributed by atoms with Gasteiger partial charge in [0.1, 0.15) is 0 Å². The summed E-state index contributed by atoms with van der Waals surface area (Å²) < 4.78 is 0. The van der Waals surface area contributed by atoms with E-state index in [1.807, 2.05) is 0 Å². The standard InChI is InChI=1S/C15H20N2/c1-16-14-8-4-2-6-11(14)13-10-17-15-9-5-3-7-12(13)15/h3,5,7,9-11,14,16-17H,2,4,6,8H2,1H3/t11-,14+/m1/s1. The van der Waals surface area contributed by atoms with Crippen LogP contribution < -0.4 is 5.32 Å². The van der Waals surface area contributed by atoms with Crippen LogP contribution in [0.2, 0.25) is 0 Å². The number of rotatable bonds is 2. The molecule has 0 saturated heterocycles. The fourth-order valence-corrected chi connectivity index (χ4v) is 3.25. The number of fused-ring (bicyclic) bond motifs is 1. The van der Waals surface area contributed by atoms with Crippen molar-refractivity contribution < 1.29 is 0 Å². The zero-order valence-electron chi connectivity index (χ0n) is 10.4. The van der Waals surface area contributed by atoms with E-state index < -0.39 is 0 Å². The van der Waals surface area contributed by atoms with Crippen LogP contribution in [-0.4, -0.2) is 18.1 Å². The van der Waals surface area contributed by atoms with Crippen molar-refractivity contribution in [2.45, 2.75) is 37.6 Å². The number of nitrogens with one attached hydrogen (secondary N) is 2. The van der Waals surface area contributed by atoms with Crippen LogP contribution in [0.1, 0.15) is 37.2 Å². The van der Waals surface area contributed by atoms with Gasteiger partial charge in [0.05, 0.1) is 0 Å². The Kier molecular flexibility index (Phi) is 2.89. The molecule has 1 saturated carbocycles. The molecule has 2 nitrogen and oxygen atoms in total. The Morgan fingerprint density at radius 2 is 2.00 bits per heavy atom. The lowest BCUT2D eigenvalue weighted by Gasteiger charge is -2.31. The lowest BCUT2D eigenvalue weighted by atomic mass is 9.80. The van der Waals surface area contributed by atoms with Gasteiger partial charge in [-0.05, 0) is 31.5 Å². The summed E-state index contributed by atoms with van der Waals surface area (Å²) in [5.74, 6) is 0.671. The third-order valence-corrected chi connectivity index (χ3v) is 4.16. The van der Waals surface area contributed by atoms with Gasteiger partial charge in [-0.15, -0.1) is 0 Å². The van der Waals surface area contributed by atoms with Gasteiger partial charge in [0.25, 0.3) is 0 Å². The van der Waals surface area contributed by atoms with Gasteiger partial charge in [0.2, 0.25) is 0 Å². The zero-order valence-corrected chi connectivity index (χ0v) is 10.4. The van der Waals surface area contributed by atoms with Gasteiger partial charge in [-0.1, -0.05) is 31.0 Å². The zero-order chi connectivity index (χ0) is 11.7. The predicted octanol–water partition coefficient (Wildman–Crippen LogP) is 3.41. The maximum absolute atomic E-state index is 3.49.